The number of aliphatic hydroxyl groups is 1. The maximum atomic E-state index is 10.0. The Morgan fingerprint density at radius 1 is 1.06 bits per heavy atom. The van der Waals surface area contributed by atoms with Gasteiger partial charge in [0.05, 0.1) is 16.8 Å². The standard InChI is InChI=1S/C22H17N2.C5H8O2.Ir/c1-13-7-4-12-17-19(13)24-21-20(23-17)15-10-5-8-14-9-6-11-16(18(14)15)22(21,2)3;1-4(6)3-5(2)7;/h4-9,11-12H,1-3H3;3,6H,1-2H3;/q-1;;/b;4-3-;. The maximum Gasteiger partial charge on any atom is 0.155 e. The summed E-state index contributed by atoms with van der Waals surface area (Å²) in [6.07, 6.45) is 1.17. The molecule has 5 heteroatoms. The van der Waals surface area contributed by atoms with E-state index in [9.17, 15) is 4.79 Å². The van der Waals surface area contributed by atoms with Crippen molar-refractivity contribution in [3.63, 3.8) is 0 Å². The third-order valence-electron chi connectivity index (χ3n) is 5.65. The monoisotopic (exact) mass is 602 g/mol. The molecule has 0 atom stereocenters. The van der Waals surface area contributed by atoms with Crippen LogP contribution in [0.1, 0.15) is 44.5 Å². The van der Waals surface area contributed by atoms with E-state index in [0.29, 0.717) is 0 Å². The molecule has 4 nitrogen and oxygen atoms in total. The number of allylic oxidation sites excluding steroid dienone is 2. The fraction of sp³-hybridized carbons (Fsp3) is 0.222. The van der Waals surface area contributed by atoms with Crippen molar-refractivity contribution >= 4 is 27.6 Å². The molecule has 1 aromatic heterocycles. The van der Waals surface area contributed by atoms with Crippen LogP contribution >= 0.6 is 0 Å². The summed E-state index contributed by atoms with van der Waals surface area (Å²) in [5, 5.41) is 10.9. The molecule has 0 unspecified atom stereocenters. The van der Waals surface area contributed by atoms with Crippen LogP contribution in [-0.2, 0) is 30.3 Å². The van der Waals surface area contributed by atoms with Gasteiger partial charge in [0, 0.05) is 43.0 Å². The van der Waals surface area contributed by atoms with E-state index in [-0.39, 0.29) is 37.1 Å². The van der Waals surface area contributed by atoms with Crippen LogP contribution in [0.15, 0.2) is 60.4 Å². The zero-order valence-corrected chi connectivity index (χ0v) is 21.2. The van der Waals surface area contributed by atoms with Crippen molar-refractivity contribution in [2.24, 2.45) is 0 Å². The first-order valence-electron chi connectivity index (χ1n) is 10.3. The summed E-state index contributed by atoms with van der Waals surface area (Å²) in [4.78, 5) is 20.1. The number of carbonyl (C=O) groups excluding carboxylic acids is 1. The quantitative estimate of drug-likeness (QED) is 0.160. The molecule has 5 rings (SSSR count). The Hall–Kier alpha value is -2.88. The first kappa shape index (κ1) is 23.8. The normalized spacial score (nSPS) is 13.6. The van der Waals surface area contributed by atoms with Gasteiger partial charge in [0.15, 0.2) is 5.78 Å². The molecule has 32 heavy (non-hydrogen) atoms. The first-order chi connectivity index (χ1) is 14.7. The number of nitrogens with zero attached hydrogens (tertiary/aromatic N) is 2. The minimum Gasteiger partial charge on any atom is -0.512 e. The molecule has 0 saturated heterocycles. The Bertz CT molecular complexity index is 1360. The molecule has 0 spiro atoms. The molecule has 1 aliphatic carbocycles. The summed E-state index contributed by atoms with van der Waals surface area (Å²) in [6, 6.07) is 20.2. The zero-order valence-electron chi connectivity index (χ0n) is 18.8. The van der Waals surface area contributed by atoms with Crippen LogP contribution in [0.4, 0.5) is 0 Å². The van der Waals surface area contributed by atoms with Gasteiger partial charge in [0.2, 0.25) is 0 Å². The minimum atomic E-state index is -0.180. The van der Waals surface area contributed by atoms with Crippen LogP contribution in [0.5, 0.6) is 0 Å². The number of aliphatic hydroxyl groups excluding tert-OH is 1. The van der Waals surface area contributed by atoms with Crippen LogP contribution in [0.25, 0.3) is 33.1 Å². The second-order valence-corrected chi connectivity index (χ2v) is 8.51. The fourth-order valence-electron chi connectivity index (χ4n) is 4.23. The Morgan fingerprint density at radius 2 is 1.78 bits per heavy atom. The van der Waals surface area contributed by atoms with Crippen LogP contribution in [0.2, 0.25) is 0 Å². The Kier molecular flexibility index (Phi) is 6.64. The molecule has 0 fully saturated rings. The van der Waals surface area contributed by atoms with E-state index < -0.39 is 0 Å². The second kappa shape index (κ2) is 8.93. The molecular formula is C27H25IrN2O2-. The minimum absolute atomic E-state index is 0. The Morgan fingerprint density at radius 3 is 2.44 bits per heavy atom. The van der Waals surface area contributed by atoms with Crippen molar-refractivity contribution in [1.82, 2.24) is 9.97 Å². The van der Waals surface area contributed by atoms with Crippen molar-refractivity contribution in [2.45, 2.75) is 40.0 Å². The van der Waals surface area contributed by atoms with Gasteiger partial charge >= 0.3 is 0 Å². The molecule has 0 saturated carbocycles. The number of rotatable bonds is 1. The topological polar surface area (TPSA) is 63.1 Å². The van der Waals surface area contributed by atoms with Crippen molar-refractivity contribution in [2.75, 3.05) is 0 Å². The molecule has 1 aliphatic rings. The van der Waals surface area contributed by atoms with E-state index in [2.05, 4.69) is 57.2 Å². The summed E-state index contributed by atoms with van der Waals surface area (Å²) in [5.41, 5.74) is 7.34. The van der Waals surface area contributed by atoms with Crippen LogP contribution in [0.3, 0.4) is 0 Å². The molecule has 1 radical (unpaired) electrons. The van der Waals surface area contributed by atoms with E-state index in [0.717, 1.165) is 28.0 Å². The molecule has 3 aromatic carbocycles. The molecule has 0 amide bonds. The van der Waals surface area contributed by atoms with Gasteiger partial charge < -0.3 is 5.11 Å². The Balaban J connectivity index is 0.000000318. The fourth-order valence-corrected chi connectivity index (χ4v) is 4.23. The van der Waals surface area contributed by atoms with E-state index in [4.69, 9.17) is 15.1 Å². The van der Waals surface area contributed by atoms with Gasteiger partial charge in [-0.25, -0.2) is 0 Å². The third-order valence-corrected chi connectivity index (χ3v) is 5.65. The molecule has 4 aromatic rings. The molecule has 165 valence electrons. The summed E-state index contributed by atoms with van der Waals surface area (Å²) >= 11 is 0. The van der Waals surface area contributed by atoms with Crippen molar-refractivity contribution < 1.29 is 30.0 Å². The van der Waals surface area contributed by atoms with Crippen molar-refractivity contribution in [3.8, 4) is 11.3 Å². The van der Waals surface area contributed by atoms with E-state index >= 15 is 0 Å². The molecule has 0 aliphatic heterocycles. The average Bonchev–Trinajstić information content (AvgIpc) is 2.71. The smallest absolute Gasteiger partial charge is 0.155 e. The van der Waals surface area contributed by atoms with E-state index in [1.165, 1.54) is 41.8 Å². The van der Waals surface area contributed by atoms with Gasteiger partial charge in [-0.15, -0.1) is 29.1 Å². The molecule has 1 heterocycles. The number of aromatic nitrogens is 2. The van der Waals surface area contributed by atoms with E-state index in [1.807, 2.05) is 18.2 Å². The van der Waals surface area contributed by atoms with Crippen LogP contribution in [0, 0.1) is 13.0 Å². The summed E-state index contributed by atoms with van der Waals surface area (Å²) in [6.45, 7) is 9.44. The number of fused-ring (bicyclic) bond motifs is 3. The van der Waals surface area contributed by atoms with Crippen LogP contribution < -0.4 is 0 Å². The zero-order chi connectivity index (χ0) is 22.3. The second-order valence-electron chi connectivity index (χ2n) is 8.51. The predicted molar refractivity (Wildman–Crippen MR) is 125 cm³/mol. The number of carbonyl (C=O) groups is 1. The van der Waals surface area contributed by atoms with Crippen LogP contribution in [-0.4, -0.2) is 20.9 Å². The summed E-state index contributed by atoms with van der Waals surface area (Å²) in [5.74, 6) is -0.0625. The maximum absolute atomic E-state index is 10.0. The molecular weight excluding hydrogens is 577 g/mol. The molecule has 1 N–H and O–H groups in total. The number of benzene rings is 3. The largest absolute Gasteiger partial charge is 0.512 e. The number of hydrogen-bond donors (Lipinski definition) is 1. The molecule has 0 bridgehead atoms. The van der Waals surface area contributed by atoms with Gasteiger partial charge in [-0.1, -0.05) is 55.1 Å². The first-order valence-corrected chi connectivity index (χ1v) is 10.3. The Labute approximate surface area is 201 Å². The van der Waals surface area contributed by atoms with Crippen molar-refractivity contribution in [1.29, 1.82) is 0 Å². The third kappa shape index (κ3) is 4.11. The van der Waals surface area contributed by atoms with Crippen molar-refractivity contribution in [3.05, 3.63) is 83.3 Å². The predicted octanol–water partition coefficient (Wildman–Crippen LogP) is 6.23. The number of para-hydroxylation sites is 1. The number of hydrogen-bond acceptors (Lipinski definition) is 4. The average molecular weight is 602 g/mol. The number of aryl methyl sites for hydroxylation is 1. The van der Waals surface area contributed by atoms with E-state index in [1.54, 1.807) is 0 Å². The van der Waals surface area contributed by atoms with Gasteiger partial charge in [0.25, 0.3) is 0 Å². The van der Waals surface area contributed by atoms with Gasteiger partial charge in [0.1, 0.15) is 0 Å². The van der Waals surface area contributed by atoms with Gasteiger partial charge in [-0.3, -0.25) is 14.8 Å². The number of ketones is 1. The summed E-state index contributed by atoms with van der Waals surface area (Å²) < 4.78 is 0. The van der Waals surface area contributed by atoms with Gasteiger partial charge in [-0.2, -0.15) is 0 Å². The SMILES string of the molecule is CC(=O)/C=C(/C)O.Cc1cccc2nc3c(nc12)C(C)(C)c1cccc2cc[c-]c-3c12.[Ir]. The summed E-state index contributed by atoms with van der Waals surface area (Å²) in [7, 11) is 0. The van der Waals surface area contributed by atoms with Gasteiger partial charge in [-0.05, 0) is 32.4 Å².